The quantitative estimate of drug-likeness (QED) is 0.593. The summed E-state index contributed by atoms with van der Waals surface area (Å²) in [5, 5.41) is 2.93. The molecule has 0 aliphatic carbocycles. The first-order valence-corrected chi connectivity index (χ1v) is 5.59. The molecule has 5 heteroatoms. The van der Waals surface area contributed by atoms with Crippen LogP contribution in [0.1, 0.15) is 10.4 Å². The molecule has 0 saturated carbocycles. The molecule has 16 heavy (non-hydrogen) atoms. The molecular weight excluding hydrogens is 226 g/mol. The van der Waals surface area contributed by atoms with Crippen molar-refractivity contribution in [3.8, 4) is 0 Å². The van der Waals surface area contributed by atoms with E-state index in [9.17, 15) is 9.59 Å². The number of thioether (sulfide) groups is 1. The molecule has 1 aliphatic rings. The molecule has 0 unspecified atom stereocenters. The van der Waals surface area contributed by atoms with Crippen molar-refractivity contribution in [3.63, 3.8) is 0 Å². The Balaban J connectivity index is 2.38. The molecule has 2 rings (SSSR count). The van der Waals surface area contributed by atoms with E-state index < -0.39 is 5.97 Å². The molecule has 1 aromatic rings. The van der Waals surface area contributed by atoms with Crippen molar-refractivity contribution < 1.29 is 14.3 Å². The third-order valence-corrected chi connectivity index (χ3v) is 3.28. The summed E-state index contributed by atoms with van der Waals surface area (Å²) in [5.41, 5.74) is 1.69. The standard InChI is InChI=1S/C11H9NO3S/c1-15-11(14)7-2-3-10-9(4-7)12-8(5-13)6-16-10/h2-4,12H,6H2,1H3. The van der Waals surface area contributed by atoms with Gasteiger partial charge in [0.05, 0.1) is 18.4 Å². The molecule has 1 aromatic carbocycles. The van der Waals surface area contributed by atoms with Gasteiger partial charge in [0.15, 0.2) is 0 Å². The Morgan fingerprint density at radius 3 is 3.06 bits per heavy atom. The number of benzene rings is 1. The maximum Gasteiger partial charge on any atom is 0.337 e. The lowest BCUT2D eigenvalue weighted by Gasteiger charge is -2.18. The van der Waals surface area contributed by atoms with Crippen molar-refractivity contribution in [2.45, 2.75) is 4.90 Å². The van der Waals surface area contributed by atoms with Gasteiger partial charge in [-0.25, -0.2) is 9.59 Å². The molecule has 1 aliphatic heterocycles. The summed E-state index contributed by atoms with van der Waals surface area (Å²) in [4.78, 5) is 22.8. The lowest BCUT2D eigenvalue weighted by atomic mass is 10.2. The highest BCUT2D eigenvalue weighted by Gasteiger charge is 2.16. The van der Waals surface area contributed by atoms with E-state index in [1.807, 2.05) is 12.0 Å². The van der Waals surface area contributed by atoms with Crippen LogP contribution in [-0.2, 0) is 9.53 Å². The number of hydrogen-bond acceptors (Lipinski definition) is 5. The van der Waals surface area contributed by atoms with E-state index in [-0.39, 0.29) is 0 Å². The zero-order chi connectivity index (χ0) is 11.5. The van der Waals surface area contributed by atoms with Crippen molar-refractivity contribution in [2.24, 2.45) is 0 Å². The second kappa shape index (κ2) is 4.43. The monoisotopic (exact) mass is 235 g/mol. The van der Waals surface area contributed by atoms with Crippen molar-refractivity contribution in [1.29, 1.82) is 0 Å². The number of rotatable bonds is 1. The normalized spacial score (nSPS) is 13.4. The minimum absolute atomic E-state index is 0.392. The molecule has 1 N–H and O–H groups in total. The Morgan fingerprint density at radius 1 is 1.56 bits per heavy atom. The Morgan fingerprint density at radius 2 is 2.38 bits per heavy atom. The molecule has 1 heterocycles. The van der Waals surface area contributed by atoms with E-state index in [1.54, 1.807) is 12.1 Å². The molecule has 0 atom stereocenters. The van der Waals surface area contributed by atoms with Gasteiger partial charge in [0.1, 0.15) is 11.6 Å². The molecule has 0 aromatic heterocycles. The van der Waals surface area contributed by atoms with Crippen LogP contribution in [0, 0.1) is 0 Å². The average molecular weight is 235 g/mol. The van der Waals surface area contributed by atoms with Crippen LogP contribution in [0.25, 0.3) is 0 Å². The van der Waals surface area contributed by atoms with E-state index in [4.69, 9.17) is 0 Å². The Kier molecular flexibility index (Phi) is 2.99. The Labute approximate surface area is 96.7 Å². The average Bonchev–Trinajstić information content (AvgIpc) is 2.36. The molecule has 0 amide bonds. The van der Waals surface area contributed by atoms with E-state index in [1.165, 1.54) is 18.9 Å². The van der Waals surface area contributed by atoms with E-state index in [0.29, 0.717) is 17.0 Å². The summed E-state index contributed by atoms with van der Waals surface area (Å²) in [6.07, 6.45) is 0. The lowest BCUT2D eigenvalue weighted by Crippen LogP contribution is -2.10. The molecule has 0 bridgehead atoms. The molecule has 0 radical (unpaired) electrons. The first-order valence-electron chi connectivity index (χ1n) is 4.61. The van der Waals surface area contributed by atoms with Crippen LogP contribution in [0.5, 0.6) is 0 Å². The topological polar surface area (TPSA) is 55.4 Å². The summed E-state index contributed by atoms with van der Waals surface area (Å²) >= 11 is 1.54. The Bertz CT molecular complexity index is 492. The lowest BCUT2D eigenvalue weighted by molar-refractivity contribution is 0.0600. The van der Waals surface area contributed by atoms with Crippen LogP contribution >= 0.6 is 11.8 Å². The molecule has 0 saturated heterocycles. The fourth-order valence-corrected chi connectivity index (χ4v) is 2.26. The van der Waals surface area contributed by atoms with Gasteiger partial charge in [-0.1, -0.05) is 0 Å². The summed E-state index contributed by atoms with van der Waals surface area (Å²) in [5.74, 6) is 2.01. The van der Waals surface area contributed by atoms with Gasteiger partial charge in [0.2, 0.25) is 0 Å². The number of fused-ring (bicyclic) bond motifs is 1. The number of ether oxygens (including phenoxy) is 1. The van der Waals surface area contributed by atoms with Crippen molar-refractivity contribution in [3.05, 3.63) is 29.5 Å². The number of nitrogens with one attached hydrogen (secondary N) is 1. The van der Waals surface area contributed by atoms with Crippen molar-refractivity contribution in [2.75, 3.05) is 18.2 Å². The van der Waals surface area contributed by atoms with Crippen LogP contribution < -0.4 is 5.32 Å². The van der Waals surface area contributed by atoms with Crippen LogP contribution in [0.15, 0.2) is 28.8 Å². The highest BCUT2D eigenvalue weighted by Crippen LogP contribution is 2.34. The fraction of sp³-hybridized carbons (Fsp3) is 0.182. The number of hydrogen-bond donors (Lipinski definition) is 1. The number of anilines is 1. The van der Waals surface area contributed by atoms with E-state index in [2.05, 4.69) is 10.1 Å². The third kappa shape index (κ3) is 1.96. The number of carbonyl (C=O) groups is 1. The third-order valence-electron chi connectivity index (χ3n) is 2.18. The van der Waals surface area contributed by atoms with Gasteiger partial charge in [-0.05, 0) is 18.2 Å². The second-order valence-electron chi connectivity index (χ2n) is 3.20. The number of esters is 1. The van der Waals surface area contributed by atoms with Gasteiger partial charge in [0, 0.05) is 10.6 Å². The summed E-state index contributed by atoms with van der Waals surface area (Å²) in [6, 6.07) is 5.21. The van der Waals surface area contributed by atoms with E-state index in [0.717, 1.165) is 10.6 Å². The van der Waals surface area contributed by atoms with Crippen LogP contribution in [-0.4, -0.2) is 24.8 Å². The molecule has 0 fully saturated rings. The van der Waals surface area contributed by atoms with Crippen molar-refractivity contribution >= 4 is 29.4 Å². The molecular formula is C11H9NO3S. The first kappa shape index (κ1) is 10.8. The maximum atomic E-state index is 11.3. The second-order valence-corrected chi connectivity index (χ2v) is 4.21. The fourth-order valence-electron chi connectivity index (χ4n) is 1.40. The number of carbonyl (C=O) groups excluding carboxylic acids is 2. The molecule has 0 spiro atoms. The SMILES string of the molecule is COC(=O)c1ccc2c(c1)NC(=C=O)CS2. The van der Waals surface area contributed by atoms with Gasteiger partial charge in [-0.2, -0.15) is 0 Å². The summed E-state index contributed by atoms with van der Waals surface area (Å²) in [7, 11) is 1.33. The van der Waals surface area contributed by atoms with Gasteiger partial charge in [-0.15, -0.1) is 11.8 Å². The smallest absolute Gasteiger partial charge is 0.337 e. The van der Waals surface area contributed by atoms with Crippen molar-refractivity contribution in [1.82, 2.24) is 0 Å². The predicted octanol–water partition coefficient (Wildman–Crippen LogP) is 1.71. The maximum absolute atomic E-state index is 11.3. The van der Waals surface area contributed by atoms with Gasteiger partial charge in [0.25, 0.3) is 0 Å². The predicted molar refractivity (Wildman–Crippen MR) is 61.3 cm³/mol. The summed E-state index contributed by atoms with van der Waals surface area (Å²) in [6.45, 7) is 0. The summed E-state index contributed by atoms with van der Waals surface area (Å²) < 4.78 is 4.62. The minimum atomic E-state index is -0.392. The van der Waals surface area contributed by atoms with Crippen LogP contribution in [0.4, 0.5) is 5.69 Å². The van der Waals surface area contributed by atoms with E-state index >= 15 is 0 Å². The number of methoxy groups -OCH3 is 1. The largest absolute Gasteiger partial charge is 0.465 e. The highest BCUT2D eigenvalue weighted by atomic mass is 32.2. The van der Waals surface area contributed by atoms with Gasteiger partial charge in [-0.3, -0.25) is 0 Å². The van der Waals surface area contributed by atoms with Gasteiger partial charge < -0.3 is 10.1 Å². The zero-order valence-electron chi connectivity index (χ0n) is 8.57. The van der Waals surface area contributed by atoms with Crippen LogP contribution in [0.3, 0.4) is 0 Å². The minimum Gasteiger partial charge on any atom is -0.465 e. The molecule has 82 valence electrons. The highest BCUT2D eigenvalue weighted by molar-refractivity contribution is 7.99. The molecule has 4 nitrogen and oxygen atoms in total. The zero-order valence-corrected chi connectivity index (χ0v) is 9.39. The van der Waals surface area contributed by atoms with Crippen LogP contribution in [0.2, 0.25) is 0 Å². The van der Waals surface area contributed by atoms with Gasteiger partial charge >= 0.3 is 5.97 Å². The first-order chi connectivity index (χ1) is 7.74. The Hall–Kier alpha value is -1.71.